The number of aromatic nitrogens is 2. The fraction of sp³-hybridized carbons (Fsp3) is 0. The second-order valence-corrected chi connectivity index (χ2v) is 6.38. The van der Waals surface area contributed by atoms with Crippen molar-refractivity contribution < 1.29 is 0 Å². The molecule has 0 radical (unpaired) electrons. The maximum Gasteiger partial charge on any atom is 0.146 e. The van der Waals surface area contributed by atoms with E-state index in [9.17, 15) is 0 Å². The van der Waals surface area contributed by atoms with Gasteiger partial charge in [-0.05, 0) is 29.7 Å². The quantitative estimate of drug-likeness (QED) is 0.335. The number of hydrogen-bond donors (Lipinski definition) is 0. The molecule has 2 nitrogen and oxygen atoms in total. The summed E-state index contributed by atoms with van der Waals surface area (Å²) in [6.45, 7) is 0. The third-order valence-electron chi connectivity index (χ3n) is 4.22. The summed E-state index contributed by atoms with van der Waals surface area (Å²) in [7, 11) is 0. The Hall–Kier alpha value is -2.39. The van der Waals surface area contributed by atoms with Crippen molar-refractivity contribution in [3.05, 3.63) is 71.2 Å². The molecule has 0 saturated carbocycles. The molecular weight excluding hydrogens is 336 g/mol. The Morgan fingerprint density at radius 1 is 0.727 bits per heavy atom. The van der Waals surface area contributed by atoms with Crippen molar-refractivity contribution in [3.8, 4) is 0 Å². The summed E-state index contributed by atoms with van der Waals surface area (Å²) in [6.07, 6.45) is 0. The number of para-hydroxylation sites is 1. The van der Waals surface area contributed by atoms with Crippen LogP contribution in [0.15, 0.2) is 71.2 Å². The van der Waals surface area contributed by atoms with Crippen LogP contribution in [0.5, 0.6) is 0 Å². The van der Waals surface area contributed by atoms with Gasteiger partial charge in [0, 0.05) is 15.2 Å². The molecule has 0 atom stereocenters. The molecule has 0 aliphatic carbocycles. The summed E-state index contributed by atoms with van der Waals surface area (Å²) in [5.74, 6) is 0. The van der Waals surface area contributed by atoms with E-state index in [1.165, 1.54) is 21.7 Å². The molecule has 0 saturated heterocycles. The van der Waals surface area contributed by atoms with Gasteiger partial charge in [-0.25, -0.2) is 4.98 Å². The van der Waals surface area contributed by atoms with Gasteiger partial charge in [-0.15, -0.1) is 0 Å². The zero-order valence-electron chi connectivity index (χ0n) is 11.6. The molecule has 3 heteroatoms. The van der Waals surface area contributed by atoms with Gasteiger partial charge in [0.2, 0.25) is 0 Å². The number of fused-ring (bicyclic) bond motifs is 8. The van der Waals surface area contributed by atoms with E-state index in [1.807, 2.05) is 0 Å². The van der Waals surface area contributed by atoms with Gasteiger partial charge in [-0.2, -0.15) is 0 Å². The standard InChI is InChI=1S/C19H11BrN2/c20-12-9-10-18-16(11-12)21-19-15-7-2-1-5-13(15)14-6-3-4-8-17(14)22(18)19/h1-11H. The van der Waals surface area contributed by atoms with Crippen LogP contribution in [0.25, 0.3) is 38.4 Å². The molecule has 0 fully saturated rings. The summed E-state index contributed by atoms with van der Waals surface area (Å²) < 4.78 is 3.32. The topological polar surface area (TPSA) is 17.3 Å². The van der Waals surface area contributed by atoms with E-state index >= 15 is 0 Å². The Bertz CT molecular complexity index is 1190. The Morgan fingerprint density at radius 3 is 2.32 bits per heavy atom. The molecule has 5 rings (SSSR count). The highest BCUT2D eigenvalue weighted by Crippen LogP contribution is 2.32. The lowest BCUT2D eigenvalue weighted by Gasteiger charge is -2.08. The van der Waals surface area contributed by atoms with Crippen LogP contribution >= 0.6 is 15.9 Å². The van der Waals surface area contributed by atoms with Gasteiger partial charge >= 0.3 is 0 Å². The third kappa shape index (κ3) is 1.52. The highest BCUT2D eigenvalue weighted by Gasteiger charge is 2.12. The fourth-order valence-corrected chi connectivity index (χ4v) is 3.64. The number of benzene rings is 3. The highest BCUT2D eigenvalue weighted by molar-refractivity contribution is 9.10. The van der Waals surface area contributed by atoms with Gasteiger partial charge in [-0.3, -0.25) is 4.40 Å². The van der Waals surface area contributed by atoms with Crippen LogP contribution < -0.4 is 0 Å². The number of hydrogen-bond acceptors (Lipinski definition) is 1. The first-order valence-electron chi connectivity index (χ1n) is 7.20. The molecular formula is C19H11BrN2. The second kappa shape index (κ2) is 4.31. The van der Waals surface area contributed by atoms with Crippen LogP contribution in [0.4, 0.5) is 0 Å². The number of rotatable bonds is 0. The molecule has 2 aromatic heterocycles. The molecule has 0 unspecified atom stereocenters. The van der Waals surface area contributed by atoms with Crippen molar-refractivity contribution in [2.75, 3.05) is 0 Å². The Kier molecular flexibility index (Phi) is 2.38. The predicted octanol–water partition coefficient (Wildman–Crippen LogP) is 5.56. The number of imidazole rings is 1. The van der Waals surface area contributed by atoms with E-state index in [-0.39, 0.29) is 0 Å². The Morgan fingerprint density at radius 2 is 1.45 bits per heavy atom. The van der Waals surface area contributed by atoms with Crippen LogP contribution in [0.2, 0.25) is 0 Å². The Labute approximate surface area is 135 Å². The van der Waals surface area contributed by atoms with Gasteiger partial charge in [0.1, 0.15) is 5.65 Å². The summed E-state index contributed by atoms with van der Waals surface area (Å²) in [5, 5.41) is 3.70. The molecule has 5 aromatic rings. The summed E-state index contributed by atoms with van der Waals surface area (Å²) in [4.78, 5) is 4.89. The molecule has 104 valence electrons. The lowest BCUT2D eigenvalue weighted by molar-refractivity contribution is 1.31. The number of halogens is 1. The molecule has 3 aromatic carbocycles. The van der Waals surface area contributed by atoms with Gasteiger partial charge < -0.3 is 0 Å². The monoisotopic (exact) mass is 346 g/mol. The second-order valence-electron chi connectivity index (χ2n) is 5.47. The molecule has 0 spiro atoms. The lowest BCUT2D eigenvalue weighted by Crippen LogP contribution is -1.90. The average molecular weight is 347 g/mol. The number of nitrogens with zero attached hydrogens (tertiary/aromatic N) is 2. The van der Waals surface area contributed by atoms with Crippen molar-refractivity contribution in [2.45, 2.75) is 0 Å². The molecule has 0 N–H and O–H groups in total. The average Bonchev–Trinajstić information content (AvgIpc) is 2.94. The van der Waals surface area contributed by atoms with E-state index in [0.29, 0.717) is 0 Å². The minimum atomic E-state index is 1.01. The first-order valence-corrected chi connectivity index (χ1v) is 7.99. The van der Waals surface area contributed by atoms with Crippen molar-refractivity contribution >= 4 is 54.3 Å². The first-order chi connectivity index (χ1) is 10.8. The third-order valence-corrected chi connectivity index (χ3v) is 4.71. The smallest absolute Gasteiger partial charge is 0.146 e. The van der Waals surface area contributed by atoms with Crippen LogP contribution in [0.1, 0.15) is 0 Å². The summed E-state index contributed by atoms with van der Waals surface area (Å²) >= 11 is 3.54. The largest absolute Gasteiger partial charge is 0.292 e. The van der Waals surface area contributed by atoms with E-state index in [0.717, 1.165) is 21.2 Å². The minimum absolute atomic E-state index is 1.01. The van der Waals surface area contributed by atoms with Crippen molar-refractivity contribution in [1.29, 1.82) is 0 Å². The fourth-order valence-electron chi connectivity index (χ4n) is 3.29. The normalized spacial score (nSPS) is 11.9. The van der Waals surface area contributed by atoms with Crippen LogP contribution in [-0.4, -0.2) is 9.38 Å². The summed E-state index contributed by atoms with van der Waals surface area (Å²) in [5.41, 5.74) is 4.36. The molecule has 0 aliphatic rings. The van der Waals surface area contributed by atoms with Crippen LogP contribution in [0, 0.1) is 0 Å². The lowest BCUT2D eigenvalue weighted by atomic mass is 10.1. The SMILES string of the molecule is Brc1ccc2c(c1)nc1c3ccccc3c3ccccc3n21. The molecule has 2 heterocycles. The maximum absolute atomic E-state index is 4.89. The molecule has 0 aliphatic heterocycles. The molecule has 0 bridgehead atoms. The maximum atomic E-state index is 4.89. The zero-order chi connectivity index (χ0) is 14.7. The zero-order valence-corrected chi connectivity index (χ0v) is 13.2. The van der Waals surface area contributed by atoms with Gasteiger partial charge in [0.05, 0.1) is 16.6 Å². The van der Waals surface area contributed by atoms with E-state index < -0.39 is 0 Å². The van der Waals surface area contributed by atoms with Crippen LogP contribution in [0.3, 0.4) is 0 Å². The van der Waals surface area contributed by atoms with Crippen LogP contribution in [-0.2, 0) is 0 Å². The molecule has 0 amide bonds. The van der Waals surface area contributed by atoms with Crippen molar-refractivity contribution in [1.82, 2.24) is 9.38 Å². The minimum Gasteiger partial charge on any atom is -0.292 e. The predicted molar refractivity (Wildman–Crippen MR) is 95.4 cm³/mol. The van der Waals surface area contributed by atoms with Gasteiger partial charge in [0.15, 0.2) is 0 Å². The highest BCUT2D eigenvalue weighted by atomic mass is 79.9. The van der Waals surface area contributed by atoms with Crippen molar-refractivity contribution in [3.63, 3.8) is 0 Å². The summed E-state index contributed by atoms with van der Waals surface area (Å²) in [6, 6.07) is 23.3. The molecule has 22 heavy (non-hydrogen) atoms. The van der Waals surface area contributed by atoms with E-state index in [1.54, 1.807) is 0 Å². The van der Waals surface area contributed by atoms with Gasteiger partial charge in [-0.1, -0.05) is 58.4 Å². The first kappa shape index (κ1) is 12.2. The van der Waals surface area contributed by atoms with E-state index in [4.69, 9.17) is 4.98 Å². The van der Waals surface area contributed by atoms with E-state index in [2.05, 4.69) is 87.1 Å². The number of pyridine rings is 1. The Balaban J connectivity index is 2.21. The van der Waals surface area contributed by atoms with Gasteiger partial charge in [0.25, 0.3) is 0 Å². The van der Waals surface area contributed by atoms with Crippen molar-refractivity contribution in [2.24, 2.45) is 0 Å².